The summed E-state index contributed by atoms with van der Waals surface area (Å²) < 4.78 is 0.556. The van der Waals surface area contributed by atoms with E-state index in [4.69, 9.17) is 23.2 Å². The van der Waals surface area contributed by atoms with E-state index < -0.39 is 0 Å². The van der Waals surface area contributed by atoms with E-state index in [9.17, 15) is 0 Å². The van der Waals surface area contributed by atoms with Crippen LogP contribution in [0.1, 0.15) is 5.69 Å². The number of halogens is 3. The highest BCUT2D eigenvalue weighted by atomic mass is 35.5. The van der Waals surface area contributed by atoms with Gasteiger partial charge in [-0.25, -0.2) is 4.98 Å². The lowest BCUT2D eigenvalue weighted by Gasteiger charge is -1.76. The topological polar surface area (TPSA) is 12.9 Å². The van der Waals surface area contributed by atoms with Gasteiger partial charge in [-0.3, -0.25) is 0 Å². The first kappa shape index (κ1) is 9.50. The molecule has 1 heterocycles. The van der Waals surface area contributed by atoms with Gasteiger partial charge < -0.3 is 0 Å². The van der Waals surface area contributed by atoms with Crippen LogP contribution in [0.5, 0.6) is 0 Å². The first-order valence-electron chi connectivity index (χ1n) is 1.99. The summed E-state index contributed by atoms with van der Waals surface area (Å²) in [7, 11) is 0. The van der Waals surface area contributed by atoms with Crippen LogP contribution in [0.4, 0.5) is 0 Å². The van der Waals surface area contributed by atoms with Crippen molar-refractivity contribution in [2.24, 2.45) is 0 Å². The van der Waals surface area contributed by atoms with Crippen molar-refractivity contribution in [3.8, 4) is 0 Å². The number of hydrogen-bond acceptors (Lipinski definition) is 2. The molecule has 0 spiro atoms. The molecular weight excluding hydrogens is 200 g/mol. The molecule has 1 aromatic heterocycles. The molecule has 0 aliphatic rings. The highest BCUT2D eigenvalue weighted by molar-refractivity contribution is 7.13. The summed E-state index contributed by atoms with van der Waals surface area (Å²) in [6, 6.07) is 0. The third-order valence-electron chi connectivity index (χ3n) is 0.661. The number of hydrogen-bond donors (Lipinski definition) is 0. The van der Waals surface area contributed by atoms with Crippen LogP contribution < -0.4 is 0 Å². The molecule has 0 saturated heterocycles. The van der Waals surface area contributed by atoms with Gasteiger partial charge in [0.2, 0.25) is 0 Å². The Hall–Kier alpha value is 0.500. The van der Waals surface area contributed by atoms with Crippen LogP contribution in [0, 0.1) is 0 Å². The van der Waals surface area contributed by atoms with E-state index in [1.54, 1.807) is 0 Å². The van der Waals surface area contributed by atoms with Crippen LogP contribution in [0.2, 0.25) is 4.47 Å². The van der Waals surface area contributed by atoms with Gasteiger partial charge in [-0.05, 0) is 0 Å². The summed E-state index contributed by atoms with van der Waals surface area (Å²) >= 11 is 12.3. The predicted molar refractivity (Wildman–Crippen MR) is 43.9 cm³/mol. The minimum Gasteiger partial charge on any atom is -0.229 e. The molecule has 1 aromatic rings. The maximum atomic E-state index is 5.49. The molecule has 0 atom stereocenters. The van der Waals surface area contributed by atoms with E-state index in [2.05, 4.69) is 4.98 Å². The maximum absolute atomic E-state index is 5.49. The Bertz CT molecular complexity index is 176. The van der Waals surface area contributed by atoms with Crippen molar-refractivity contribution in [1.82, 2.24) is 4.98 Å². The molecule has 0 N–H and O–H groups in total. The molecule has 1 nitrogen and oxygen atoms in total. The van der Waals surface area contributed by atoms with Crippen molar-refractivity contribution in [2.45, 2.75) is 5.88 Å². The largest absolute Gasteiger partial charge is 0.229 e. The van der Waals surface area contributed by atoms with Crippen LogP contribution in [-0.4, -0.2) is 4.98 Å². The number of aromatic nitrogens is 1. The van der Waals surface area contributed by atoms with Crippen LogP contribution in [0.25, 0.3) is 0 Å². The van der Waals surface area contributed by atoms with Crippen molar-refractivity contribution in [1.29, 1.82) is 0 Å². The standard InChI is InChI=1S/C4H3Cl2NS.ClH/c5-1-3-2-8-4(6)7-3;/h2H,1H2;1H. The van der Waals surface area contributed by atoms with Gasteiger partial charge in [0, 0.05) is 5.38 Å². The first-order valence-corrected chi connectivity index (χ1v) is 3.78. The summed E-state index contributed by atoms with van der Waals surface area (Å²) in [4.78, 5) is 3.88. The molecule has 0 aromatic carbocycles. The molecule has 0 unspecified atom stereocenters. The quantitative estimate of drug-likeness (QED) is 0.641. The zero-order valence-electron chi connectivity index (χ0n) is 4.30. The average molecular weight is 205 g/mol. The fourth-order valence-corrected chi connectivity index (χ4v) is 1.35. The van der Waals surface area contributed by atoms with Gasteiger partial charge in [0.1, 0.15) is 0 Å². The Morgan fingerprint density at radius 3 is 2.56 bits per heavy atom. The van der Waals surface area contributed by atoms with E-state index >= 15 is 0 Å². The molecule has 9 heavy (non-hydrogen) atoms. The van der Waals surface area contributed by atoms with Gasteiger partial charge in [-0.1, -0.05) is 11.6 Å². The van der Waals surface area contributed by atoms with Gasteiger partial charge in [0.25, 0.3) is 0 Å². The Labute approximate surface area is 73.4 Å². The lowest BCUT2D eigenvalue weighted by molar-refractivity contribution is 1.23. The highest BCUT2D eigenvalue weighted by Crippen LogP contribution is 2.15. The van der Waals surface area contributed by atoms with Crippen molar-refractivity contribution >= 4 is 46.9 Å². The molecule has 0 bridgehead atoms. The Kier molecular flexibility index (Phi) is 4.58. The number of rotatable bonds is 1. The Morgan fingerprint density at radius 1 is 1.67 bits per heavy atom. The van der Waals surface area contributed by atoms with Gasteiger partial charge >= 0.3 is 0 Å². The zero-order chi connectivity index (χ0) is 5.98. The maximum Gasteiger partial charge on any atom is 0.183 e. The van der Waals surface area contributed by atoms with E-state index in [1.807, 2.05) is 5.38 Å². The van der Waals surface area contributed by atoms with Crippen molar-refractivity contribution in [2.75, 3.05) is 0 Å². The molecule has 5 heteroatoms. The number of alkyl halides is 1. The lowest BCUT2D eigenvalue weighted by Crippen LogP contribution is -1.71. The Balaban J connectivity index is 0.000000640. The summed E-state index contributed by atoms with van der Waals surface area (Å²) in [5, 5.41) is 1.84. The second-order valence-electron chi connectivity index (χ2n) is 1.23. The molecule has 0 fully saturated rings. The van der Waals surface area contributed by atoms with E-state index in [-0.39, 0.29) is 12.4 Å². The highest BCUT2D eigenvalue weighted by Gasteiger charge is 1.94. The molecule has 0 amide bonds. The molecule has 0 radical (unpaired) electrons. The zero-order valence-corrected chi connectivity index (χ0v) is 7.45. The van der Waals surface area contributed by atoms with Gasteiger partial charge in [0.05, 0.1) is 11.6 Å². The van der Waals surface area contributed by atoms with Crippen molar-refractivity contribution in [3.63, 3.8) is 0 Å². The van der Waals surface area contributed by atoms with E-state index in [0.717, 1.165) is 5.69 Å². The molecule has 0 saturated carbocycles. The van der Waals surface area contributed by atoms with Crippen LogP contribution in [0.15, 0.2) is 5.38 Å². The average Bonchev–Trinajstić information content (AvgIpc) is 2.14. The monoisotopic (exact) mass is 203 g/mol. The minimum atomic E-state index is 0. The molecular formula is C4H4Cl3NS. The fraction of sp³-hybridized carbons (Fsp3) is 0.250. The van der Waals surface area contributed by atoms with Gasteiger partial charge in [-0.2, -0.15) is 0 Å². The SMILES string of the molecule is Cl.ClCc1csc(Cl)n1. The van der Waals surface area contributed by atoms with E-state index in [0.29, 0.717) is 10.3 Å². The van der Waals surface area contributed by atoms with Gasteiger partial charge in [-0.15, -0.1) is 35.3 Å². The Morgan fingerprint density at radius 2 is 2.33 bits per heavy atom. The third kappa shape index (κ3) is 2.72. The molecule has 0 aliphatic carbocycles. The summed E-state index contributed by atoms with van der Waals surface area (Å²) in [6.45, 7) is 0. The second kappa shape index (κ2) is 4.34. The molecule has 52 valence electrons. The predicted octanol–water partition coefficient (Wildman–Crippen LogP) is 2.96. The molecule has 1 rings (SSSR count). The number of thiazole rings is 1. The normalized spacial score (nSPS) is 8.67. The van der Waals surface area contributed by atoms with Crippen LogP contribution in [0.3, 0.4) is 0 Å². The second-order valence-corrected chi connectivity index (χ2v) is 2.93. The van der Waals surface area contributed by atoms with Crippen LogP contribution >= 0.6 is 46.9 Å². The van der Waals surface area contributed by atoms with Crippen LogP contribution in [-0.2, 0) is 5.88 Å². The third-order valence-corrected chi connectivity index (χ3v) is 1.96. The minimum absolute atomic E-state index is 0. The van der Waals surface area contributed by atoms with E-state index in [1.165, 1.54) is 11.3 Å². The van der Waals surface area contributed by atoms with Crippen molar-refractivity contribution in [3.05, 3.63) is 15.5 Å². The first-order chi connectivity index (χ1) is 3.83. The summed E-state index contributed by atoms with van der Waals surface area (Å²) in [5.74, 6) is 0.448. The summed E-state index contributed by atoms with van der Waals surface area (Å²) in [6.07, 6.45) is 0. The lowest BCUT2D eigenvalue weighted by atomic mass is 10.6. The number of nitrogens with zero attached hydrogens (tertiary/aromatic N) is 1. The van der Waals surface area contributed by atoms with Gasteiger partial charge in [0.15, 0.2) is 4.47 Å². The summed E-state index contributed by atoms with van der Waals surface area (Å²) in [5.41, 5.74) is 0.849. The fourth-order valence-electron chi connectivity index (χ4n) is 0.344. The smallest absolute Gasteiger partial charge is 0.183 e. The van der Waals surface area contributed by atoms with Crippen molar-refractivity contribution < 1.29 is 0 Å². The molecule has 0 aliphatic heterocycles.